The molecule has 0 aliphatic carbocycles. The van der Waals surface area contributed by atoms with Gasteiger partial charge in [0.2, 0.25) is 0 Å². The molecule has 154 valence electrons. The van der Waals surface area contributed by atoms with Crippen LogP contribution in [-0.4, -0.2) is 24.9 Å². The molecule has 0 aliphatic rings. The SMILES string of the molecule is CCCCCCCCCCOC(C(=O)OC(C)c1ccccc1)C(F)(F)F. The molecule has 2 unspecified atom stereocenters. The Morgan fingerprint density at radius 2 is 1.52 bits per heavy atom. The largest absolute Gasteiger partial charge is 0.456 e. The van der Waals surface area contributed by atoms with Gasteiger partial charge in [0.25, 0.3) is 6.10 Å². The number of benzene rings is 1. The zero-order valence-corrected chi connectivity index (χ0v) is 16.3. The van der Waals surface area contributed by atoms with Gasteiger partial charge >= 0.3 is 12.1 Å². The number of carbonyl (C=O) groups is 1. The number of halogens is 3. The van der Waals surface area contributed by atoms with Gasteiger partial charge in [0, 0.05) is 6.61 Å². The number of carbonyl (C=O) groups excluding carboxylic acids is 1. The minimum absolute atomic E-state index is 0.103. The average Bonchev–Trinajstić information content (AvgIpc) is 2.62. The van der Waals surface area contributed by atoms with Gasteiger partial charge in [-0.15, -0.1) is 0 Å². The van der Waals surface area contributed by atoms with E-state index in [-0.39, 0.29) is 6.61 Å². The van der Waals surface area contributed by atoms with Crippen molar-refractivity contribution in [3.8, 4) is 0 Å². The normalized spacial score (nSPS) is 14.0. The van der Waals surface area contributed by atoms with Crippen molar-refractivity contribution in [2.24, 2.45) is 0 Å². The van der Waals surface area contributed by atoms with Crippen LogP contribution in [0.3, 0.4) is 0 Å². The van der Waals surface area contributed by atoms with Crippen molar-refractivity contribution < 1.29 is 27.4 Å². The molecule has 0 N–H and O–H groups in total. The van der Waals surface area contributed by atoms with Crippen molar-refractivity contribution in [1.29, 1.82) is 0 Å². The first-order valence-electron chi connectivity index (χ1n) is 9.80. The highest BCUT2D eigenvalue weighted by atomic mass is 19.4. The Morgan fingerprint density at radius 3 is 2.07 bits per heavy atom. The summed E-state index contributed by atoms with van der Waals surface area (Å²) in [5.74, 6) is -1.39. The van der Waals surface area contributed by atoms with E-state index in [0.29, 0.717) is 12.0 Å². The molecule has 0 spiro atoms. The van der Waals surface area contributed by atoms with E-state index in [0.717, 1.165) is 25.7 Å². The molecule has 1 aromatic rings. The van der Waals surface area contributed by atoms with Gasteiger partial charge in [-0.05, 0) is 18.9 Å². The lowest BCUT2D eigenvalue weighted by molar-refractivity contribution is -0.232. The van der Waals surface area contributed by atoms with E-state index in [2.05, 4.69) is 6.92 Å². The Labute approximate surface area is 160 Å². The van der Waals surface area contributed by atoms with Gasteiger partial charge in [-0.1, -0.05) is 82.2 Å². The molecule has 1 rings (SSSR count). The summed E-state index contributed by atoms with van der Waals surface area (Å²) in [6.07, 6.45) is 0.0350. The molecule has 0 saturated carbocycles. The Balaban J connectivity index is 2.37. The second kappa shape index (κ2) is 12.8. The van der Waals surface area contributed by atoms with Gasteiger partial charge in [-0.3, -0.25) is 0 Å². The molecule has 0 aliphatic heterocycles. The number of unbranched alkanes of at least 4 members (excludes halogenated alkanes) is 7. The fourth-order valence-corrected chi connectivity index (χ4v) is 2.76. The number of hydrogen-bond acceptors (Lipinski definition) is 3. The molecule has 27 heavy (non-hydrogen) atoms. The standard InChI is InChI=1S/C21H31F3O3/c1-3-4-5-6-7-8-9-13-16-26-19(21(22,23)24)20(25)27-17(2)18-14-11-10-12-15-18/h10-12,14-15,17,19H,3-9,13,16H2,1-2H3. The van der Waals surface area contributed by atoms with E-state index in [1.807, 2.05) is 0 Å². The van der Waals surface area contributed by atoms with Gasteiger partial charge < -0.3 is 9.47 Å². The number of rotatable bonds is 13. The van der Waals surface area contributed by atoms with Crippen LogP contribution in [0.5, 0.6) is 0 Å². The maximum absolute atomic E-state index is 13.1. The zero-order chi connectivity index (χ0) is 20.1. The molecule has 0 aromatic heterocycles. The van der Waals surface area contributed by atoms with Gasteiger partial charge in [-0.2, -0.15) is 13.2 Å². The van der Waals surface area contributed by atoms with E-state index < -0.39 is 24.4 Å². The van der Waals surface area contributed by atoms with Crippen LogP contribution < -0.4 is 0 Å². The lowest BCUT2D eigenvalue weighted by Crippen LogP contribution is -2.41. The maximum atomic E-state index is 13.1. The van der Waals surface area contributed by atoms with E-state index in [1.54, 1.807) is 37.3 Å². The molecule has 0 bridgehead atoms. The summed E-state index contributed by atoms with van der Waals surface area (Å²) < 4.78 is 49.3. The summed E-state index contributed by atoms with van der Waals surface area (Å²) in [5, 5.41) is 0. The molecular weight excluding hydrogens is 357 g/mol. The van der Waals surface area contributed by atoms with Crippen molar-refractivity contribution in [3.63, 3.8) is 0 Å². The lowest BCUT2D eigenvalue weighted by atomic mass is 10.1. The smallest absolute Gasteiger partial charge is 0.425 e. The van der Waals surface area contributed by atoms with Crippen LogP contribution in [0.15, 0.2) is 30.3 Å². The van der Waals surface area contributed by atoms with Gasteiger partial charge in [0.1, 0.15) is 6.10 Å². The molecule has 1 aromatic carbocycles. The van der Waals surface area contributed by atoms with Crippen LogP contribution in [0.25, 0.3) is 0 Å². The van der Waals surface area contributed by atoms with Gasteiger partial charge in [0.15, 0.2) is 0 Å². The molecule has 0 saturated heterocycles. The van der Waals surface area contributed by atoms with Crippen LogP contribution in [0.4, 0.5) is 13.2 Å². The van der Waals surface area contributed by atoms with Crippen LogP contribution >= 0.6 is 0 Å². The highest BCUT2D eigenvalue weighted by Gasteiger charge is 2.47. The molecule has 6 heteroatoms. The quantitative estimate of drug-likeness (QED) is 0.291. The second-order valence-electron chi connectivity index (χ2n) is 6.76. The van der Waals surface area contributed by atoms with Gasteiger partial charge in [-0.25, -0.2) is 4.79 Å². The molecule has 0 amide bonds. The van der Waals surface area contributed by atoms with Crippen molar-refractivity contribution in [1.82, 2.24) is 0 Å². The Morgan fingerprint density at radius 1 is 0.963 bits per heavy atom. The molecule has 0 radical (unpaired) electrons. The monoisotopic (exact) mass is 388 g/mol. The maximum Gasteiger partial charge on any atom is 0.425 e. The number of alkyl halides is 3. The summed E-state index contributed by atoms with van der Waals surface area (Å²) in [7, 11) is 0. The fourth-order valence-electron chi connectivity index (χ4n) is 2.76. The second-order valence-corrected chi connectivity index (χ2v) is 6.76. The van der Waals surface area contributed by atoms with Crippen LogP contribution in [0.2, 0.25) is 0 Å². The minimum Gasteiger partial charge on any atom is -0.456 e. The molecule has 2 atom stereocenters. The van der Waals surface area contributed by atoms with E-state index in [4.69, 9.17) is 9.47 Å². The summed E-state index contributed by atoms with van der Waals surface area (Å²) in [5.41, 5.74) is 0.634. The predicted molar refractivity (Wildman–Crippen MR) is 99.4 cm³/mol. The number of hydrogen-bond donors (Lipinski definition) is 0. The van der Waals surface area contributed by atoms with Crippen molar-refractivity contribution in [2.75, 3.05) is 6.61 Å². The first-order valence-corrected chi connectivity index (χ1v) is 9.80. The third-order valence-corrected chi connectivity index (χ3v) is 4.36. The minimum atomic E-state index is -4.78. The van der Waals surface area contributed by atoms with Crippen LogP contribution in [-0.2, 0) is 14.3 Å². The lowest BCUT2D eigenvalue weighted by Gasteiger charge is -2.22. The summed E-state index contributed by atoms with van der Waals surface area (Å²) in [6, 6.07) is 8.65. The van der Waals surface area contributed by atoms with Crippen molar-refractivity contribution >= 4 is 5.97 Å². The topological polar surface area (TPSA) is 35.5 Å². The highest BCUT2D eigenvalue weighted by Crippen LogP contribution is 2.27. The van der Waals surface area contributed by atoms with Crippen LogP contribution in [0.1, 0.15) is 76.9 Å². The number of esters is 1. The first-order chi connectivity index (χ1) is 12.9. The third-order valence-electron chi connectivity index (χ3n) is 4.36. The van der Waals surface area contributed by atoms with E-state index in [9.17, 15) is 18.0 Å². The summed E-state index contributed by atoms with van der Waals surface area (Å²) >= 11 is 0. The fraction of sp³-hybridized carbons (Fsp3) is 0.667. The highest BCUT2D eigenvalue weighted by molar-refractivity contribution is 5.76. The molecular formula is C21H31F3O3. The van der Waals surface area contributed by atoms with Crippen molar-refractivity contribution in [2.45, 2.75) is 83.6 Å². The Kier molecular flexibility index (Phi) is 11.1. The van der Waals surface area contributed by atoms with Gasteiger partial charge in [0.05, 0.1) is 0 Å². The van der Waals surface area contributed by atoms with E-state index in [1.165, 1.54) is 19.3 Å². The van der Waals surface area contributed by atoms with Crippen molar-refractivity contribution in [3.05, 3.63) is 35.9 Å². The van der Waals surface area contributed by atoms with Crippen LogP contribution in [0, 0.1) is 0 Å². The molecule has 0 heterocycles. The molecule has 0 fully saturated rings. The molecule has 3 nitrogen and oxygen atoms in total. The van der Waals surface area contributed by atoms with E-state index >= 15 is 0 Å². The third kappa shape index (κ3) is 9.80. The number of ether oxygens (including phenoxy) is 2. The summed E-state index contributed by atoms with van der Waals surface area (Å²) in [6.45, 7) is 3.59. The first kappa shape index (κ1) is 23.5. The Bertz CT molecular complexity index is 517. The predicted octanol–water partition coefficient (Wildman–Crippen LogP) is 6.38. The Hall–Kier alpha value is -1.56. The average molecular weight is 388 g/mol. The summed E-state index contributed by atoms with van der Waals surface area (Å²) in [4.78, 5) is 12.0. The zero-order valence-electron chi connectivity index (χ0n) is 16.3.